The first-order valence-corrected chi connectivity index (χ1v) is 8.78. The van der Waals surface area contributed by atoms with Gasteiger partial charge in [0.15, 0.2) is 0 Å². The molecule has 2 rings (SSSR count). The van der Waals surface area contributed by atoms with E-state index in [9.17, 15) is 8.42 Å². The van der Waals surface area contributed by atoms with Crippen LogP contribution in [0.5, 0.6) is 5.75 Å². The number of para-hydroxylation sites is 2. The van der Waals surface area contributed by atoms with Gasteiger partial charge in [-0.15, -0.1) is 0 Å². The first-order valence-electron chi connectivity index (χ1n) is 7.13. The maximum Gasteiger partial charge on any atom is 0.232 e. The summed E-state index contributed by atoms with van der Waals surface area (Å²) < 4.78 is 31.1. The van der Waals surface area contributed by atoms with Crippen LogP contribution in [0.25, 0.3) is 0 Å². The Labute approximate surface area is 131 Å². The normalized spacial score (nSPS) is 11.0. The molecule has 6 heteroatoms. The molecule has 0 saturated carbocycles. The van der Waals surface area contributed by atoms with Crippen LogP contribution in [0.1, 0.15) is 13.8 Å². The Kier molecular flexibility index (Phi) is 5.27. The quantitative estimate of drug-likeness (QED) is 0.818. The molecule has 0 atom stereocenters. The molecule has 0 aliphatic heterocycles. The Morgan fingerprint density at radius 1 is 0.955 bits per heavy atom. The van der Waals surface area contributed by atoms with Gasteiger partial charge in [-0.1, -0.05) is 12.1 Å². The first-order chi connectivity index (χ1) is 10.5. The number of nitrogens with one attached hydrogen (secondary N) is 2. The Morgan fingerprint density at radius 3 is 2.23 bits per heavy atom. The number of sulfonamides is 1. The molecule has 0 heterocycles. The zero-order valence-corrected chi connectivity index (χ0v) is 13.5. The molecule has 0 amide bonds. The second kappa shape index (κ2) is 7.17. The SMILES string of the molecule is CCOc1ccccc1Nc1ccc(NS(=O)(=O)CC)cc1. The summed E-state index contributed by atoms with van der Waals surface area (Å²) in [5.41, 5.74) is 2.27. The highest BCUT2D eigenvalue weighted by Gasteiger charge is 2.07. The molecule has 0 saturated heterocycles. The molecule has 0 aromatic heterocycles. The molecule has 0 bridgehead atoms. The van der Waals surface area contributed by atoms with E-state index in [1.807, 2.05) is 43.3 Å². The molecule has 118 valence electrons. The fraction of sp³-hybridized carbons (Fsp3) is 0.250. The van der Waals surface area contributed by atoms with E-state index in [2.05, 4.69) is 10.0 Å². The third-order valence-electron chi connectivity index (χ3n) is 3.00. The molecular formula is C16H20N2O3S. The van der Waals surface area contributed by atoms with Crippen LogP contribution in [0, 0.1) is 0 Å². The summed E-state index contributed by atoms with van der Waals surface area (Å²) in [7, 11) is -3.25. The molecule has 0 radical (unpaired) electrons. The molecule has 0 fully saturated rings. The van der Waals surface area contributed by atoms with Gasteiger partial charge in [0.1, 0.15) is 5.75 Å². The number of anilines is 3. The third kappa shape index (κ3) is 4.39. The lowest BCUT2D eigenvalue weighted by Crippen LogP contribution is -2.14. The number of hydrogen-bond acceptors (Lipinski definition) is 4. The molecular weight excluding hydrogens is 300 g/mol. The molecule has 2 aromatic carbocycles. The minimum absolute atomic E-state index is 0.0503. The van der Waals surface area contributed by atoms with Crippen LogP contribution in [0.2, 0.25) is 0 Å². The topological polar surface area (TPSA) is 67.4 Å². The molecule has 2 aromatic rings. The van der Waals surface area contributed by atoms with Gasteiger partial charge >= 0.3 is 0 Å². The largest absolute Gasteiger partial charge is 0.492 e. The minimum Gasteiger partial charge on any atom is -0.492 e. The van der Waals surface area contributed by atoms with E-state index in [0.29, 0.717) is 12.3 Å². The van der Waals surface area contributed by atoms with Crippen molar-refractivity contribution in [2.75, 3.05) is 22.4 Å². The van der Waals surface area contributed by atoms with Gasteiger partial charge in [0.2, 0.25) is 10.0 Å². The van der Waals surface area contributed by atoms with E-state index >= 15 is 0 Å². The summed E-state index contributed by atoms with van der Waals surface area (Å²) in [4.78, 5) is 0. The third-order valence-corrected chi connectivity index (χ3v) is 4.31. The Bertz CT molecular complexity index is 712. The van der Waals surface area contributed by atoms with E-state index in [-0.39, 0.29) is 5.75 Å². The lowest BCUT2D eigenvalue weighted by molar-refractivity contribution is 0.342. The zero-order valence-electron chi connectivity index (χ0n) is 12.7. The van der Waals surface area contributed by atoms with Crippen LogP contribution >= 0.6 is 0 Å². The standard InChI is InChI=1S/C16H20N2O3S/c1-3-21-16-8-6-5-7-15(16)17-13-9-11-14(12-10-13)18-22(19,20)4-2/h5-12,17-18H,3-4H2,1-2H3. The maximum atomic E-state index is 11.5. The molecule has 0 aliphatic carbocycles. The smallest absolute Gasteiger partial charge is 0.232 e. The number of hydrogen-bond donors (Lipinski definition) is 2. The summed E-state index contributed by atoms with van der Waals surface area (Å²) in [5.74, 6) is 0.829. The van der Waals surface area contributed by atoms with Gasteiger partial charge in [0.25, 0.3) is 0 Å². The minimum atomic E-state index is -3.25. The summed E-state index contributed by atoms with van der Waals surface area (Å²) in [6.45, 7) is 4.13. The van der Waals surface area contributed by atoms with Gasteiger partial charge < -0.3 is 10.1 Å². The summed E-state index contributed by atoms with van der Waals surface area (Å²) in [5, 5.41) is 3.26. The highest BCUT2D eigenvalue weighted by atomic mass is 32.2. The molecule has 22 heavy (non-hydrogen) atoms. The van der Waals surface area contributed by atoms with Crippen molar-refractivity contribution in [2.45, 2.75) is 13.8 Å². The van der Waals surface area contributed by atoms with Gasteiger partial charge in [-0.05, 0) is 50.2 Å². The summed E-state index contributed by atoms with van der Waals surface area (Å²) in [6, 6.07) is 14.7. The van der Waals surface area contributed by atoms with Crippen molar-refractivity contribution in [3.63, 3.8) is 0 Å². The van der Waals surface area contributed by atoms with Crippen LogP contribution in [-0.4, -0.2) is 20.8 Å². The van der Waals surface area contributed by atoms with E-state index in [1.165, 1.54) is 0 Å². The second-order valence-corrected chi connectivity index (χ2v) is 6.65. The second-order valence-electron chi connectivity index (χ2n) is 4.64. The average Bonchev–Trinajstić information content (AvgIpc) is 2.51. The van der Waals surface area contributed by atoms with Crippen molar-refractivity contribution >= 4 is 27.1 Å². The molecule has 0 spiro atoms. The Balaban J connectivity index is 2.12. The predicted molar refractivity (Wildman–Crippen MR) is 90.4 cm³/mol. The highest BCUT2D eigenvalue weighted by molar-refractivity contribution is 7.92. The Morgan fingerprint density at radius 2 is 1.59 bits per heavy atom. The number of rotatable bonds is 7. The number of benzene rings is 2. The fourth-order valence-corrected chi connectivity index (χ4v) is 2.52. The monoisotopic (exact) mass is 320 g/mol. The van der Waals surface area contributed by atoms with Crippen molar-refractivity contribution in [1.29, 1.82) is 0 Å². The fourth-order valence-electron chi connectivity index (χ4n) is 1.88. The maximum absolute atomic E-state index is 11.5. The van der Waals surface area contributed by atoms with Crippen molar-refractivity contribution in [3.05, 3.63) is 48.5 Å². The van der Waals surface area contributed by atoms with Crippen molar-refractivity contribution in [3.8, 4) is 5.75 Å². The Hall–Kier alpha value is -2.21. The average molecular weight is 320 g/mol. The van der Waals surface area contributed by atoms with E-state index in [1.54, 1.807) is 19.1 Å². The van der Waals surface area contributed by atoms with Gasteiger partial charge in [-0.3, -0.25) is 4.72 Å². The summed E-state index contributed by atoms with van der Waals surface area (Å²) >= 11 is 0. The van der Waals surface area contributed by atoms with Crippen LogP contribution < -0.4 is 14.8 Å². The highest BCUT2D eigenvalue weighted by Crippen LogP contribution is 2.28. The van der Waals surface area contributed by atoms with Gasteiger partial charge in [0.05, 0.1) is 18.0 Å². The van der Waals surface area contributed by atoms with Crippen LogP contribution in [0.15, 0.2) is 48.5 Å². The van der Waals surface area contributed by atoms with E-state index < -0.39 is 10.0 Å². The van der Waals surface area contributed by atoms with Crippen molar-refractivity contribution in [1.82, 2.24) is 0 Å². The molecule has 0 unspecified atom stereocenters. The van der Waals surface area contributed by atoms with Crippen molar-refractivity contribution < 1.29 is 13.2 Å². The van der Waals surface area contributed by atoms with Crippen LogP contribution in [-0.2, 0) is 10.0 Å². The van der Waals surface area contributed by atoms with E-state index in [4.69, 9.17) is 4.74 Å². The number of ether oxygens (including phenoxy) is 1. The van der Waals surface area contributed by atoms with Gasteiger partial charge in [-0.2, -0.15) is 0 Å². The first kappa shape index (κ1) is 16.2. The van der Waals surface area contributed by atoms with Crippen LogP contribution in [0.4, 0.5) is 17.1 Å². The molecule has 5 nitrogen and oxygen atoms in total. The zero-order chi connectivity index (χ0) is 16.0. The predicted octanol–water partition coefficient (Wildman–Crippen LogP) is 3.59. The summed E-state index contributed by atoms with van der Waals surface area (Å²) in [6.07, 6.45) is 0. The lowest BCUT2D eigenvalue weighted by atomic mass is 10.2. The molecule has 2 N–H and O–H groups in total. The van der Waals surface area contributed by atoms with E-state index in [0.717, 1.165) is 17.1 Å². The lowest BCUT2D eigenvalue weighted by Gasteiger charge is -2.13. The van der Waals surface area contributed by atoms with Crippen molar-refractivity contribution in [2.24, 2.45) is 0 Å². The van der Waals surface area contributed by atoms with Gasteiger partial charge in [-0.25, -0.2) is 8.42 Å². The molecule has 0 aliphatic rings. The van der Waals surface area contributed by atoms with Crippen LogP contribution in [0.3, 0.4) is 0 Å². The van der Waals surface area contributed by atoms with Gasteiger partial charge in [0, 0.05) is 11.4 Å².